The minimum Gasteiger partial charge on any atom is -0.332 e. The van der Waals surface area contributed by atoms with Crippen molar-refractivity contribution in [3.05, 3.63) is 77.2 Å². The maximum atomic E-state index is 4.47. The molecule has 1 aromatic heterocycles. The van der Waals surface area contributed by atoms with Crippen molar-refractivity contribution in [3.8, 4) is 11.3 Å². The number of halogens is 1. The smallest absolute Gasteiger partial charge is 0.0956 e. The third-order valence-electron chi connectivity index (χ3n) is 2.96. The van der Waals surface area contributed by atoms with Crippen molar-refractivity contribution in [2.24, 2.45) is 0 Å². The molecule has 0 aliphatic heterocycles. The molecule has 0 N–H and O–H groups in total. The number of imidazole rings is 1. The Labute approximate surface area is 120 Å². The Morgan fingerprint density at radius 1 is 1.00 bits per heavy atom. The first-order valence-corrected chi connectivity index (χ1v) is 6.92. The van der Waals surface area contributed by atoms with E-state index in [9.17, 15) is 0 Å². The van der Waals surface area contributed by atoms with Gasteiger partial charge < -0.3 is 4.57 Å². The maximum absolute atomic E-state index is 4.47. The summed E-state index contributed by atoms with van der Waals surface area (Å²) >= 11 is 3.49. The van der Waals surface area contributed by atoms with Crippen molar-refractivity contribution in [2.75, 3.05) is 0 Å². The molecule has 0 amide bonds. The van der Waals surface area contributed by atoms with Crippen LogP contribution in [0.25, 0.3) is 11.3 Å². The third kappa shape index (κ3) is 2.93. The zero-order valence-electron chi connectivity index (χ0n) is 10.3. The van der Waals surface area contributed by atoms with Gasteiger partial charge in [-0.1, -0.05) is 58.4 Å². The second-order valence-electron chi connectivity index (χ2n) is 4.43. The van der Waals surface area contributed by atoms with Crippen molar-refractivity contribution >= 4 is 15.9 Å². The van der Waals surface area contributed by atoms with E-state index in [1.807, 2.05) is 24.5 Å². The molecule has 0 fully saturated rings. The number of hydrogen-bond donors (Lipinski definition) is 0. The summed E-state index contributed by atoms with van der Waals surface area (Å²) in [6, 6.07) is 18.6. The minimum absolute atomic E-state index is 0.849. The normalized spacial score (nSPS) is 10.6. The van der Waals surface area contributed by atoms with Crippen LogP contribution in [0.5, 0.6) is 0 Å². The van der Waals surface area contributed by atoms with E-state index in [-0.39, 0.29) is 0 Å². The largest absolute Gasteiger partial charge is 0.332 e. The fourth-order valence-corrected chi connectivity index (χ4v) is 2.44. The van der Waals surface area contributed by atoms with Gasteiger partial charge in [0.15, 0.2) is 0 Å². The third-order valence-corrected chi connectivity index (χ3v) is 3.45. The molecule has 0 aliphatic carbocycles. The average Bonchev–Trinajstić information content (AvgIpc) is 2.88. The first-order valence-electron chi connectivity index (χ1n) is 6.13. The van der Waals surface area contributed by atoms with Gasteiger partial charge in [0.05, 0.1) is 12.0 Å². The molecule has 0 bridgehead atoms. The van der Waals surface area contributed by atoms with E-state index in [0.717, 1.165) is 22.3 Å². The molecular weight excluding hydrogens is 300 g/mol. The van der Waals surface area contributed by atoms with Gasteiger partial charge in [-0.2, -0.15) is 0 Å². The lowest BCUT2D eigenvalue weighted by Crippen LogP contribution is -1.95. The predicted octanol–water partition coefficient (Wildman–Crippen LogP) is 4.36. The summed E-state index contributed by atoms with van der Waals surface area (Å²) in [5.41, 5.74) is 3.40. The standard InChI is InChI=1S/C16H13BrN2/c17-15-8-4-7-14(9-15)16-11-19(12-18-16)10-13-5-2-1-3-6-13/h1-9,11-12H,10H2. The van der Waals surface area contributed by atoms with Crippen LogP contribution in [0.3, 0.4) is 0 Å². The van der Waals surface area contributed by atoms with Crippen molar-refractivity contribution in [1.82, 2.24) is 9.55 Å². The average molecular weight is 313 g/mol. The summed E-state index contributed by atoms with van der Waals surface area (Å²) in [5, 5.41) is 0. The van der Waals surface area contributed by atoms with E-state index in [1.54, 1.807) is 0 Å². The molecule has 2 aromatic carbocycles. The van der Waals surface area contributed by atoms with Crippen LogP contribution in [0.1, 0.15) is 5.56 Å². The van der Waals surface area contributed by atoms with Gasteiger partial charge in [-0.3, -0.25) is 0 Å². The van der Waals surface area contributed by atoms with Crippen molar-refractivity contribution in [2.45, 2.75) is 6.54 Å². The second-order valence-corrected chi connectivity index (χ2v) is 5.34. The predicted molar refractivity (Wildman–Crippen MR) is 80.9 cm³/mol. The Kier molecular flexibility index (Phi) is 3.47. The second kappa shape index (κ2) is 5.41. The fraction of sp³-hybridized carbons (Fsp3) is 0.0625. The lowest BCUT2D eigenvalue weighted by molar-refractivity contribution is 0.797. The molecule has 3 aromatic rings. The molecule has 0 atom stereocenters. The van der Waals surface area contributed by atoms with Crippen molar-refractivity contribution in [1.29, 1.82) is 0 Å². The molecule has 0 unspecified atom stereocenters. The molecule has 19 heavy (non-hydrogen) atoms. The zero-order valence-corrected chi connectivity index (χ0v) is 11.9. The summed E-state index contributed by atoms with van der Waals surface area (Å²) in [7, 11) is 0. The Balaban J connectivity index is 1.84. The zero-order chi connectivity index (χ0) is 13.1. The first kappa shape index (κ1) is 12.2. The number of nitrogens with zero attached hydrogens (tertiary/aromatic N) is 2. The summed E-state index contributed by atoms with van der Waals surface area (Å²) in [4.78, 5) is 4.47. The molecule has 0 radical (unpaired) electrons. The number of aromatic nitrogens is 2. The molecule has 3 heteroatoms. The molecule has 0 saturated heterocycles. The van der Waals surface area contributed by atoms with E-state index in [2.05, 4.69) is 68.1 Å². The molecule has 0 aliphatic rings. The van der Waals surface area contributed by atoms with E-state index in [4.69, 9.17) is 0 Å². The van der Waals surface area contributed by atoms with Gasteiger partial charge in [0.25, 0.3) is 0 Å². The van der Waals surface area contributed by atoms with Gasteiger partial charge in [-0.15, -0.1) is 0 Å². The Bertz CT molecular complexity index is 674. The van der Waals surface area contributed by atoms with Crippen molar-refractivity contribution in [3.63, 3.8) is 0 Å². The SMILES string of the molecule is Brc1cccc(-c2cn(Cc3ccccc3)cn2)c1. The monoisotopic (exact) mass is 312 g/mol. The summed E-state index contributed by atoms with van der Waals surface area (Å²) in [5.74, 6) is 0. The van der Waals surface area contributed by atoms with E-state index < -0.39 is 0 Å². The van der Waals surface area contributed by atoms with Gasteiger partial charge in [-0.05, 0) is 17.7 Å². The molecule has 3 rings (SSSR count). The molecular formula is C16H13BrN2. The molecule has 1 heterocycles. The Morgan fingerprint density at radius 2 is 1.84 bits per heavy atom. The van der Waals surface area contributed by atoms with Crippen LogP contribution in [0.15, 0.2) is 71.6 Å². The van der Waals surface area contributed by atoms with Gasteiger partial charge >= 0.3 is 0 Å². The summed E-state index contributed by atoms with van der Waals surface area (Å²) < 4.78 is 3.17. The van der Waals surface area contributed by atoms with Crippen LogP contribution >= 0.6 is 15.9 Å². The summed E-state index contributed by atoms with van der Waals surface area (Å²) in [6.07, 6.45) is 3.96. The van der Waals surface area contributed by atoms with Crippen LogP contribution < -0.4 is 0 Å². The van der Waals surface area contributed by atoms with Crippen LogP contribution in [-0.2, 0) is 6.54 Å². The Hall–Kier alpha value is -1.87. The molecule has 0 saturated carbocycles. The number of benzene rings is 2. The highest BCUT2D eigenvalue weighted by Crippen LogP contribution is 2.21. The first-order chi connectivity index (χ1) is 9.31. The van der Waals surface area contributed by atoms with Gasteiger partial charge in [0.1, 0.15) is 0 Å². The highest BCUT2D eigenvalue weighted by Gasteiger charge is 2.03. The van der Waals surface area contributed by atoms with E-state index in [0.29, 0.717) is 0 Å². The number of rotatable bonds is 3. The van der Waals surface area contributed by atoms with Crippen molar-refractivity contribution < 1.29 is 0 Å². The summed E-state index contributed by atoms with van der Waals surface area (Å²) in [6.45, 7) is 0.849. The minimum atomic E-state index is 0.849. The van der Waals surface area contributed by atoms with Gasteiger partial charge in [0.2, 0.25) is 0 Å². The fourth-order valence-electron chi connectivity index (χ4n) is 2.04. The topological polar surface area (TPSA) is 17.8 Å². The number of hydrogen-bond acceptors (Lipinski definition) is 1. The molecule has 94 valence electrons. The molecule has 0 spiro atoms. The highest BCUT2D eigenvalue weighted by molar-refractivity contribution is 9.10. The van der Waals surface area contributed by atoms with E-state index >= 15 is 0 Å². The van der Waals surface area contributed by atoms with E-state index in [1.165, 1.54) is 5.56 Å². The van der Waals surface area contributed by atoms with Crippen LogP contribution in [0, 0.1) is 0 Å². The lowest BCUT2D eigenvalue weighted by Gasteiger charge is -2.01. The molecule has 2 nitrogen and oxygen atoms in total. The quantitative estimate of drug-likeness (QED) is 0.702. The van der Waals surface area contributed by atoms with Gasteiger partial charge in [0, 0.05) is 22.8 Å². The Morgan fingerprint density at radius 3 is 2.63 bits per heavy atom. The highest BCUT2D eigenvalue weighted by atomic mass is 79.9. The lowest BCUT2D eigenvalue weighted by atomic mass is 10.2. The van der Waals surface area contributed by atoms with Crippen LogP contribution in [-0.4, -0.2) is 9.55 Å². The van der Waals surface area contributed by atoms with Crippen LogP contribution in [0.2, 0.25) is 0 Å². The van der Waals surface area contributed by atoms with Gasteiger partial charge in [-0.25, -0.2) is 4.98 Å². The van der Waals surface area contributed by atoms with Crippen LogP contribution in [0.4, 0.5) is 0 Å². The maximum Gasteiger partial charge on any atom is 0.0956 e.